The second-order valence-electron chi connectivity index (χ2n) is 6.61. The Balaban J connectivity index is 1.77. The van der Waals surface area contributed by atoms with Crippen molar-refractivity contribution in [1.29, 1.82) is 0 Å². The molecule has 8 heteroatoms. The van der Waals surface area contributed by atoms with Gasteiger partial charge in [0, 0.05) is 11.6 Å². The predicted molar refractivity (Wildman–Crippen MR) is 117 cm³/mol. The van der Waals surface area contributed by atoms with Crippen LogP contribution in [0.3, 0.4) is 0 Å². The Hall–Kier alpha value is -3.71. The van der Waals surface area contributed by atoms with E-state index in [4.69, 9.17) is 25.5 Å². The van der Waals surface area contributed by atoms with Gasteiger partial charge in [0.25, 0.3) is 5.91 Å². The largest absolute Gasteiger partial charge is 0.497 e. The molecule has 158 valence electrons. The molecule has 4 rings (SSSR count). The molecule has 0 bridgehead atoms. The lowest BCUT2D eigenvalue weighted by molar-refractivity contribution is 0.0940. The highest BCUT2D eigenvalue weighted by Gasteiger charge is 2.21. The maximum atomic E-state index is 13.0. The van der Waals surface area contributed by atoms with Gasteiger partial charge in [0.05, 0.1) is 43.4 Å². The van der Waals surface area contributed by atoms with Crippen molar-refractivity contribution in [3.05, 3.63) is 83.4 Å². The summed E-state index contributed by atoms with van der Waals surface area (Å²) >= 11 is 6.40. The lowest BCUT2D eigenvalue weighted by atomic mass is 10.1. The van der Waals surface area contributed by atoms with Gasteiger partial charge in [-0.3, -0.25) is 4.79 Å². The van der Waals surface area contributed by atoms with Crippen LogP contribution in [0.25, 0.3) is 16.9 Å². The zero-order valence-corrected chi connectivity index (χ0v) is 17.7. The van der Waals surface area contributed by atoms with E-state index in [2.05, 4.69) is 10.4 Å². The van der Waals surface area contributed by atoms with E-state index in [1.54, 1.807) is 56.9 Å². The van der Waals surface area contributed by atoms with Gasteiger partial charge in [-0.25, -0.2) is 4.68 Å². The number of halogens is 1. The maximum Gasteiger partial charge on any atom is 0.270 e. The number of carbonyl (C=O) groups excluding carboxylic acids is 1. The number of aromatic nitrogens is 2. The number of amides is 1. The molecule has 0 aliphatic heterocycles. The SMILES string of the molecule is COc1ccc(-c2cc(C(=O)NCc3ccco3)n(-c3ccccc3Cl)n2)c(OC)c1. The van der Waals surface area contributed by atoms with E-state index in [-0.39, 0.29) is 12.5 Å². The number of hydrogen-bond donors (Lipinski definition) is 1. The van der Waals surface area contributed by atoms with Crippen LogP contribution in [0.4, 0.5) is 0 Å². The van der Waals surface area contributed by atoms with Crippen LogP contribution in [0.1, 0.15) is 16.2 Å². The maximum absolute atomic E-state index is 13.0. The number of furan rings is 1. The summed E-state index contributed by atoms with van der Waals surface area (Å²) in [6.45, 7) is 0.251. The summed E-state index contributed by atoms with van der Waals surface area (Å²) in [4.78, 5) is 13.0. The van der Waals surface area contributed by atoms with Crippen molar-refractivity contribution in [3.63, 3.8) is 0 Å². The summed E-state index contributed by atoms with van der Waals surface area (Å²) in [7, 11) is 3.16. The molecule has 2 heterocycles. The molecule has 1 N–H and O–H groups in total. The zero-order valence-electron chi connectivity index (χ0n) is 17.0. The number of nitrogens with zero attached hydrogens (tertiary/aromatic N) is 2. The highest BCUT2D eigenvalue weighted by molar-refractivity contribution is 6.32. The van der Waals surface area contributed by atoms with E-state index in [0.29, 0.717) is 44.9 Å². The molecule has 0 radical (unpaired) electrons. The Morgan fingerprint density at radius 3 is 2.65 bits per heavy atom. The van der Waals surface area contributed by atoms with Gasteiger partial charge in [-0.1, -0.05) is 23.7 Å². The Labute approximate surface area is 184 Å². The summed E-state index contributed by atoms with van der Waals surface area (Å²) < 4.78 is 17.6. The first kappa shape index (κ1) is 20.6. The molecule has 0 saturated carbocycles. The standard InChI is InChI=1S/C23H20ClN3O4/c1-29-15-9-10-17(22(12-15)30-2)19-13-21(23(28)25-14-16-6-5-11-31-16)27(26-19)20-8-4-3-7-18(20)24/h3-13H,14H2,1-2H3,(H,25,28). The highest BCUT2D eigenvalue weighted by atomic mass is 35.5. The molecular weight excluding hydrogens is 418 g/mol. The zero-order chi connectivity index (χ0) is 21.8. The van der Waals surface area contributed by atoms with E-state index in [1.165, 1.54) is 4.68 Å². The molecule has 2 aromatic heterocycles. The number of nitrogens with one attached hydrogen (secondary N) is 1. The molecule has 0 aliphatic rings. The van der Waals surface area contributed by atoms with E-state index in [9.17, 15) is 4.79 Å². The van der Waals surface area contributed by atoms with Crippen LogP contribution < -0.4 is 14.8 Å². The van der Waals surface area contributed by atoms with Gasteiger partial charge in [-0.05, 0) is 42.5 Å². The van der Waals surface area contributed by atoms with Gasteiger partial charge in [0.2, 0.25) is 0 Å². The summed E-state index contributed by atoms with van der Waals surface area (Å²) in [5.41, 5.74) is 2.19. The monoisotopic (exact) mass is 437 g/mol. The minimum absolute atomic E-state index is 0.251. The van der Waals surface area contributed by atoms with Gasteiger partial charge in [0.1, 0.15) is 23.0 Å². The number of ether oxygens (including phenoxy) is 2. The minimum atomic E-state index is -0.317. The van der Waals surface area contributed by atoms with Crippen LogP contribution in [-0.4, -0.2) is 29.9 Å². The van der Waals surface area contributed by atoms with Crippen LogP contribution in [0, 0.1) is 0 Å². The van der Waals surface area contributed by atoms with Gasteiger partial charge < -0.3 is 19.2 Å². The molecule has 2 aromatic carbocycles. The fourth-order valence-corrected chi connectivity index (χ4v) is 3.38. The molecule has 4 aromatic rings. The molecule has 0 unspecified atom stereocenters. The molecule has 7 nitrogen and oxygen atoms in total. The van der Waals surface area contributed by atoms with E-state index in [1.807, 2.05) is 24.3 Å². The fourth-order valence-electron chi connectivity index (χ4n) is 3.16. The second-order valence-corrected chi connectivity index (χ2v) is 7.01. The van der Waals surface area contributed by atoms with Crippen molar-refractivity contribution in [2.24, 2.45) is 0 Å². The first-order valence-corrected chi connectivity index (χ1v) is 9.86. The van der Waals surface area contributed by atoms with E-state index >= 15 is 0 Å². The number of methoxy groups -OCH3 is 2. The number of para-hydroxylation sites is 1. The lowest BCUT2D eigenvalue weighted by Gasteiger charge is -2.09. The van der Waals surface area contributed by atoms with Crippen molar-refractivity contribution in [1.82, 2.24) is 15.1 Å². The topological polar surface area (TPSA) is 78.5 Å². The van der Waals surface area contributed by atoms with Crippen molar-refractivity contribution in [2.45, 2.75) is 6.54 Å². The Morgan fingerprint density at radius 2 is 1.94 bits per heavy atom. The van der Waals surface area contributed by atoms with Gasteiger partial charge in [-0.15, -0.1) is 0 Å². The Kier molecular flexibility index (Phi) is 5.95. The molecule has 0 fully saturated rings. The number of carbonyl (C=O) groups is 1. The van der Waals surface area contributed by atoms with Crippen LogP contribution in [0.5, 0.6) is 11.5 Å². The van der Waals surface area contributed by atoms with Crippen LogP contribution in [0.2, 0.25) is 5.02 Å². The minimum Gasteiger partial charge on any atom is -0.497 e. The molecule has 0 spiro atoms. The van der Waals surface area contributed by atoms with Crippen LogP contribution in [-0.2, 0) is 6.54 Å². The molecule has 0 atom stereocenters. The molecule has 1 amide bonds. The van der Waals surface area contributed by atoms with Crippen LogP contribution in [0.15, 0.2) is 71.3 Å². The quantitative estimate of drug-likeness (QED) is 0.452. The summed E-state index contributed by atoms with van der Waals surface area (Å²) in [5, 5.41) is 7.99. The van der Waals surface area contributed by atoms with E-state index < -0.39 is 0 Å². The first-order valence-electron chi connectivity index (χ1n) is 9.48. The highest BCUT2D eigenvalue weighted by Crippen LogP contribution is 2.34. The first-order chi connectivity index (χ1) is 15.1. The van der Waals surface area contributed by atoms with Gasteiger partial charge in [0.15, 0.2) is 0 Å². The summed E-state index contributed by atoms with van der Waals surface area (Å²) in [6, 6.07) is 17.9. The van der Waals surface area contributed by atoms with Crippen molar-refractivity contribution in [2.75, 3.05) is 14.2 Å². The third-order valence-electron chi connectivity index (χ3n) is 4.71. The van der Waals surface area contributed by atoms with Crippen molar-refractivity contribution < 1.29 is 18.7 Å². The van der Waals surface area contributed by atoms with Crippen molar-refractivity contribution in [3.8, 4) is 28.4 Å². The van der Waals surface area contributed by atoms with Gasteiger partial charge >= 0.3 is 0 Å². The second kappa shape index (κ2) is 8.97. The number of rotatable bonds is 7. The average Bonchev–Trinajstić information content (AvgIpc) is 3.47. The molecular formula is C23H20ClN3O4. The Bertz CT molecular complexity index is 1200. The average molecular weight is 438 g/mol. The number of hydrogen-bond acceptors (Lipinski definition) is 5. The Morgan fingerprint density at radius 1 is 1.10 bits per heavy atom. The van der Waals surface area contributed by atoms with Crippen LogP contribution >= 0.6 is 11.6 Å². The predicted octanol–water partition coefficient (Wildman–Crippen LogP) is 4.73. The third kappa shape index (κ3) is 4.27. The van der Waals surface area contributed by atoms with Gasteiger partial charge in [-0.2, -0.15) is 5.10 Å². The summed E-state index contributed by atoms with van der Waals surface area (Å²) in [5.74, 6) is 1.56. The van der Waals surface area contributed by atoms with Crippen molar-refractivity contribution >= 4 is 17.5 Å². The third-order valence-corrected chi connectivity index (χ3v) is 5.03. The summed E-state index contributed by atoms with van der Waals surface area (Å²) in [6.07, 6.45) is 1.56. The molecule has 0 saturated heterocycles. The normalized spacial score (nSPS) is 10.7. The lowest BCUT2D eigenvalue weighted by Crippen LogP contribution is -2.25. The number of benzene rings is 2. The molecule has 31 heavy (non-hydrogen) atoms. The smallest absolute Gasteiger partial charge is 0.270 e. The fraction of sp³-hybridized carbons (Fsp3) is 0.130. The van der Waals surface area contributed by atoms with E-state index in [0.717, 1.165) is 0 Å². The molecule has 0 aliphatic carbocycles.